The third kappa shape index (κ3) is 2.68. The van der Waals surface area contributed by atoms with Crippen molar-refractivity contribution in [1.82, 2.24) is 0 Å². The molecule has 0 rings (SSSR count). The van der Waals surface area contributed by atoms with Gasteiger partial charge in [-0.1, -0.05) is 12.2 Å². The van der Waals surface area contributed by atoms with E-state index in [1.54, 1.807) is 0 Å². The summed E-state index contributed by atoms with van der Waals surface area (Å²) in [4.78, 5) is 0. The molecule has 4 N–H and O–H groups in total. The van der Waals surface area contributed by atoms with Crippen molar-refractivity contribution < 1.29 is 20.4 Å². The monoisotopic (exact) mass is 166 g/mol. The molecule has 5 heteroatoms. The Hall–Kier alpha value is -0.0700. The molecule has 60 valence electrons. The van der Waals surface area contributed by atoms with Crippen molar-refractivity contribution >= 4 is 17.6 Å². The fraction of sp³-hybridized carbons (Fsp3) is 0.800. The Labute approximate surface area is 63.7 Å². The van der Waals surface area contributed by atoms with E-state index in [4.69, 9.17) is 20.4 Å². The molecule has 0 saturated carbocycles. The lowest BCUT2D eigenvalue weighted by molar-refractivity contribution is -0.0536. The minimum absolute atomic E-state index is 0.596. The van der Waals surface area contributed by atoms with Gasteiger partial charge in [-0.05, 0) is 0 Å². The van der Waals surface area contributed by atoms with Crippen LogP contribution in [0.4, 0.5) is 0 Å². The molecule has 3 atom stereocenters. The van der Waals surface area contributed by atoms with Crippen molar-refractivity contribution in [2.45, 2.75) is 18.3 Å². The van der Waals surface area contributed by atoms with Crippen LogP contribution in [0.3, 0.4) is 0 Å². The van der Waals surface area contributed by atoms with Crippen LogP contribution < -0.4 is 0 Å². The summed E-state index contributed by atoms with van der Waals surface area (Å²) in [5, 5.41) is 35.5. The molecule has 0 heterocycles. The van der Waals surface area contributed by atoms with Crippen LogP contribution in [0, 0.1) is 0 Å². The highest BCUT2D eigenvalue weighted by molar-refractivity contribution is 7.79. The zero-order chi connectivity index (χ0) is 8.15. The van der Waals surface area contributed by atoms with Crippen LogP contribution in [0.15, 0.2) is 0 Å². The quantitative estimate of drug-likeness (QED) is 0.365. The van der Waals surface area contributed by atoms with Gasteiger partial charge in [0.15, 0.2) is 0 Å². The smallest absolute Gasteiger partial charge is 0.112 e. The molecule has 0 unspecified atom stereocenters. The van der Waals surface area contributed by atoms with E-state index in [-0.39, 0.29) is 0 Å². The van der Waals surface area contributed by atoms with Gasteiger partial charge in [0, 0.05) is 5.37 Å². The first-order valence-electron chi connectivity index (χ1n) is 2.73. The van der Waals surface area contributed by atoms with Crippen LogP contribution in [-0.4, -0.2) is 50.7 Å². The lowest BCUT2D eigenvalue weighted by Crippen LogP contribution is -2.39. The van der Waals surface area contributed by atoms with E-state index in [0.29, 0.717) is 0 Å². The summed E-state index contributed by atoms with van der Waals surface area (Å²) < 4.78 is 0. The van der Waals surface area contributed by atoms with E-state index in [2.05, 4.69) is 12.2 Å². The Morgan fingerprint density at radius 2 is 1.80 bits per heavy atom. The lowest BCUT2D eigenvalue weighted by atomic mass is 10.1. The minimum atomic E-state index is -1.40. The molecule has 0 aliphatic heterocycles. The highest BCUT2D eigenvalue weighted by atomic mass is 32.1. The van der Waals surface area contributed by atoms with Crippen molar-refractivity contribution in [3.8, 4) is 0 Å². The fourth-order valence-corrected chi connectivity index (χ4v) is 0.577. The van der Waals surface area contributed by atoms with Crippen LogP contribution in [0.1, 0.15) is 0 Å². The Kier molecular flexibility index (Phi) is 4.67. The van der Waals surface area contributed by atoms with Gasteiger partial charge in [-0.3, -0.25) is 0 Å². The summed E-state index contributed by atoms with van der Waals surface area (Å²) in [6, 6.07) is 0. The summed E-state index contributed by atoms with van der Waals surface area (Å²) in [5.74, 6) is 0. The highest BCUT2D eigenvalue weighted by Crippen LogP contribution is 1.97. The molecule has 0 bridgehead atoms. The summed E-state index contributed by atoms with van der Waals surface area (Å²) in [6.07, 6.45) is -4.01. The van der Waals surface area contributed by atoms with E-state index >= 15 is 0 Å². The van der Waals surface area contributed by atoms with Crippen molar-refractivity contribution in [2.24, 2.45) is 0 Å². The SMILES string of the molecule is OC[C@H](O)[C@H](O)[C@H](O)C=S. The van der Waals surface area contributed by atoms with E-state index in [0.717, 1.165) is 5.37 Å². The molecule has 0 aliphatic rings. The second-order valence-electron chi connectivity index (χ2n) is 1.87. The predicted molar refractivity (Wildman–Crippen MR) is 38.8 cm³/mol. The standard InChI is InChI=1S/C5H10O4S/c6-1-3(7)5(9)4(8)2-10/h2-9H,1H2/t3-,4+,5-/m0/s1. The Balaban J connectivity index is 3.80. The zero-order valence-corrected chi connectivity index (χ0v) is 6.03. The number of thiocarbonyl (C=S) groups is 1. The summed E-state index contributed by atoms with van der Waals surface area (Å²) in [5.41, 5.74) is 0. The summed E-state index contributed by atoms with van der Waals surface area (Å²) >= 11 is 4.29. The Bertz CT molecular complexity index is 108. The van der Waals surface area contributed by atoms with Crippen molar-refractivity contribution in [2.75, 3.05) is 6.61 Å². The largest absolute Gasteiger partial charge is 0.394 e. The Morgan fingerprint density at radius 1 is 1.30 bits per heavy atom. The molecule has 0 aliphatic carbocycles. The molecular weight excluding hydrogens is 156 g/mol. The molecule has 10 heavy (non-hydrogen) atoms. The minimum Gasteiger partial charge on any atom is -0.394 e. The van der Waals surface area contributed by atoms with Crippen molar-refractivity contribution in [3.05, 3.63) is 0 Å². The van der Waals surface area contributed by atoms with Crippen LogP contribution in [0.25, 0.3) is 0 Å². The first-order chi connectivity index (χ1) is 4.63. The maximum Gasteiger partial charge on any atom is 0.112 e. The molecule has 0 radical (unpaired) electrons. The van der Waals surface area contributed by atoms with E-state index in [1.165, 1.54) is 0 Å². The highest BCUT2D eigenvalue weighted by Gasteiger charge is 2.21. The molecule has 0 spiro atoms. The second-order valence-corrected chi connectivity index (χ2v) is 2.14. The van der Waals surface area contributed by atoms with Gasteiger partial charge in [-0.15, -0.1) is 0 Å². The van der Waals surface area contributed by atoms with Crippen LogP contribution >= 0.6 is 12.2 Å². The van der Waals surface area contributed by atoms with Gasteiger partial charge < -0.3 is 20.4 Å². The van der Waals surface area contributed by atoms with Gasteiger partial charge in [0.05, 0.1) is 6.61 Å². The number of hydrogen-bond donors (Lipinski definition) is 4. The number of rotatable bonds is 4. The maximum atomic E-state index is 8.83. The number of aliphatic hydroxyl groups is 4. The van der Waals surface area contributed by atoms with Gasteiger partial charge in [0.2, 0.25) is 0 Å². The maximum absolute atomic E-state index is 8.83. The summed E-state index contributed by atoms with van der Waals surface area (Å²) in [7, 11) is 0. The molecule has 0 amide bonds. The Morgan fingerprint density at radius 3 is 2.10 bits per heavy atom. The second kappa shape index (κ2) is 4.70. The van der Waals surface area contributed by atoms with Crippen LogP contribution in [0.5, 0.6) is 0 Å². The van der Waals surface area contributed by atoms with Gasteiger partial charge in [0.25, 0.3) is 0 Å². The molecule has 0 aromatic rings. The lowest BCUT2D eigenvalue weighted by Gasteiger charge is -2.17. The molecule has 0 aromatic heterocycles. The van der Waals surface area contributed by atoms with Crippen molar-refractivity contribution in [3.63, 3.8) is 0 Å². The van der Waals surface area contributed by atoms with E-state index in [9.17, 15) is 0 Å². The topological polar surface area (TPSA) is 80.9 Å². The molecule has 0 aromatic carbocycles. The van der Waals surface area contributed by atoms with Gasteiger partial charge in [0.1, 0.15) is 18.3 Å². The molecule has 4 nitrogen and oxygen atoms in total. The molecule has 0 saturated heterocycles. The molecular formula is C5H10O4S. The first-order valence-corrected chi connectivity index (χ1v) is 3.21. The number of hydrogen-bond acceptors (Lipinski definition) is 5. The van der Waals surface area contributed by atoms with Crippen LogP contribution in [0.2, 0.25) is 0 Å². The van der Waals surface area contributed by atoms with Crippen molar-refractivity contribution in [1.29, 1.82) is 0 Å². The van der Waals surface area contributed by atoms with Crippen LogP contribution in [-0.2, 0) is 0 Å². The fourth-order valence-electron chi connectivity index (χ4n) is 0.416. The van der Waals surface area contributed by atoms with E-state index < -0.39 is 24.9 Å². The normalized spacial score (nSPS) is 19.6. The third-order valence-corrected chi connectivity index (χ3v) is 1.35. The third-order valence-electron chi connectivity index (χ3n) is 1.07. The zero-order valence-electron chi connectivity index (χ0n) is 5.21. The van der Waals surface area contributed by atoms with Gasteiger partial charge in [-0.25, -0.2) is 0 Å². The summed E-state index contributed by atoms with van der Waals surface area (Å²) in [6.45, 7) is -0.596. The van der Waals surface area contributed by atoms with Gasteiger partial charge >= 0.3 is 0 Å². The van der Waals surface area contributed by atoms with Gasteiger partial charge in [-0.2, -0.15) is 0 Å². The first kappa shape index (κ1) is 9.93. The van der Waals surface area contributed by atoms with E-state index in [1.807, 2.05) is 0 Å². The predicted octanol–water partition coefficient (Wildman–Crippen LogP) is -1.94. The average Bonchev–Trinajstić information content (AvgIpc) is 2.00. The molecule has 0 fully saturated rings. The number of aliphatic hydroxyl groups excluding tert-OH is 4. The average molecular weight is 166 g/mol.